The van der Waals surface area contributed by atoms with Crippen molar-refractivity contribution in [1.29, 1.82) is 0 Å². The van der Waals surface area contributed by atoms with Gasteiger partial charge in [0.1, 0.15) is 5.82 Å². The van der Waals surface area contributed by atoms with Gasteiger partial charge >= 0.3 is 0 Å². The average Bonchev–Trinajstić information content (AvgIpc) is 2.63. The number of aromatic amines is 1. The molecule has 0 aliphatic heterocycles. The van der Waals surface area contributed by atoms with E-state index in [4.69, 9.17) is 5.73 Å². The topological polar surface area (TPSA) is 54.7 Å². The number of hydrogen-bond acceptors (Lipinski definition) is 2. The third kappa shape index (κ3) is 2.37. The number of rotatable bonds is 3. The Hall–Kier alpha value is -1.77. The van der Waals surface area contributed by atoms with Gasteiger partial charge in [0.2, 0.25) is 0 Å². The second kappa shape index (κ2) is 4.17. The summed E-state index contributed by atoms with van der Waals surface area (Å²) >= 11 is 0. The maximum Gasteiger partial charge on any atom is 0.145 e. The van der Waals surface area contributed by atoms with Gasteiger partial charge in [0.15, 0.2) is 0 Å². The maximum absolute atomic E-state index is 5.54. The van der Waals surface area contributed by atoms with E-state index in [2.05, 4.69) is 41.4 Å². The van der Waals surface area contributed by atoms with Crippen LogP contribution in [0.25, 0.3) is 0 Å². The third-order valence-corrected chi connectivity index (χ3v) is 2.58. The minimum atomic E-state index is 0.565. The summed E-state index contributed by atoms with van der Waals surface area (Å²) in [4.78, 5) is 0. The molecule has 1 heterocycles. The van der Waals surface area contributed by atoms with Crippen LogP contribution < -0.4 is 5.73 Å². The predicted octanol–water partition coefficient (Wildman–Crippen LogP) is 2.09. The molecule has 0 bridgehead atoms. The summed E-state index contributed by atoms with van der Waals surface area (Å²) in [7, 11) is 0. The fourth-order valence-corrected chi connectivity index (χ4v) is 1.67. The van der Waals surface area contributed by atoms with E-state index in [1.54, 1.807) is 0 Å². The normalized spacial score (nSPS) is 10.5. The molecule has 3 heteroatoms. The number of aryl methyl sites for hydroxylation is 3. The summed E-state index contributed by atoms with van der Waals surface area (Å²) in [5.74, 6) is 0.565. The second-order valence-corrected chi connectivity index (χ2v) is 3.74. The van der Waals surface area contributed by atoms with Gasteiger partial charge in [-0.1, -0.05) is 24.3 Å². The van der Waals surface area contributed by atoms with Crippen molar-refractivity contribution in [3.63, 3.8) is 0 Å². The van der Waals surface area contributed by atoms with Gasteiger partial charge in [-0.05, 0) is 30.9 Å². The highest BCUT2D eigenvalue weighted by Crippen LogP contribution is 2.11. The van der Waals surface area contributed by atoms with E-state index in [0.29, 0.717) is 5.82 Å². The number of nitrogen functional groups attached to an aromatic ring is 1. The van der Waals surface area contributed by atoms with Crippen LogP contribution in [0.2, 0.25) is 0 Å². The van der Waals surface area contributed by atoms with E-state index >= 15 is 0 Å². The van der Waals surface area contributed by atoms with Crippen LogP contribution in [0, 0.1) is 6.92 Å². The van der Waals surface area contributed by atoms with Crippen molar-refractivity contribution in [3.05, 3.63) is 47.2 Å². The Kier molecular flexibility index (Phi) is 2.72. The molecule has 0 aliphatic carbocycles. The highest BCUT2D eigenvalue weighted by Gasteiger charge is 2.00. The molecule has 2 rings (SSSR count). The number of nitrogens with one attached hydrogen (secondary N) is 1. The molecule has 0 atom stereocenters. The van der Waals surface area contributed by atoms with Crippen LogP contribution in [0.15, 0.2) is 30.3 Å². The smallest absolute Gasteiger partial charge is 0.145 e. The van der Waals surface area contributed by atoms with E-state index < -0.39 is 0 Å². The van der Waals surface area contributed by atoms with Crippen molar-refractivity contribution in [1.82, 2.24) is 10.2 Å². The van der Waals surface area contributed by atoms with Gasteiger partial charge in [-0.3, -0.25) is 5.10 Å². The SMILES string of the molecule is Cc1ccccc1CCc1cc(N)n[nH]1. The molecule has 3 nitrogen and oxygen atoms in total. The van der Waals surface area contributed by atoms with Gasteiger partial charge in [0.25, 0.3) is 0 Å². The van der Waals surface area contributed by atoms with Gasteiger partial charge in [0, 0.05) is 11.8 Å². The van der Waals surface area contributed by atoms with E-state index in [1.165, 1.54) is 11.1 Å². The number of nitrogens with two attached hydrogens (primary N) is 1. The molecule has 1 aromatic heterocycles. The van der Waals surface area contributed by atoms with Crippen molar-refractivity contribution in [2.45, 2.75) is 19.8 Å². The van der Waals surface area contributed by atoms with Crippen LogP contribution in [-0.4, -0.2) is 10.2 Å². The summed E-state index contributed by atoms with van der Waals surface area (Å²) in [6.45, 7) is 2.14. The first-order chi connectivity index (χ1) is 7.25. The first-order valence-electron chi connectivity index (χ1n) is 5.10. The summed E-state index contributed by atoms with van der Waals surface area (Å²) in [5.41, 5.74) is 9.35. The van der Waals surface area contributed by atoms with Gasteiger partial charge in [0.05, 0.1) is 0 Å². The fraction of sp³-hybridized carbons (Fsp3) is 0.250. The Labute approximate surface area is 89.3 Å². The number of nitrogens with zero attached hydrogens (tertiary/aromatic N) is 1. The van der Waals surface area contributed by atoms with Crippen molar-refractivity contribution < 1.29 is 0 Å². The molecule has 2 aromatic rings. The first kappa shape index (κ1) is 9.77. The molecule has 0 fully saturated rings. The van der Waals surface area contributed by atoms with Gasteiger partial charge in [-0.15, -0.1) is 0 Å². The highest BCUT2D eigenvalue weighted by atomic mass is 15.1. The minimum absolute atomic E-state index is 0.565. The van der Waals surface area contributed by atoms with Crippen LogP contribution in [0.3, 0.4) is 0 Å². The standard InChI is InChI=1S/C12H15N3/c1-9-4-2-3-5-10(9)6-7-11-8-12(13)15-14-11/h2-5,8H,6-7H2,1H3,(H3,13,14,15). The quantitative estimate of drug-likeness (QED) is 0.798. The molecule has 0 saturated heterocycles. The molecular formula is C12H15N3. The van der Waals surface area contributed by atoms with Crippen molar-refractivity contribution in [2.24, 2.45) is 0 Å². The maximum atomic E-state index is 5.54. The molecule has 0 spiro atoms. The lowest BCUT2D eigenvalue weighted by Crippen LogP contribution is -1.94. The Morgan fingerprint density at radius 2 is 2.07 bits per heavy atom. The van der Waals surface area contributed by atoms with E-state index in [1.807, 2.05) is 6.07 Å². The third-order valence-electron chi connectivity index (χ3n) is 2.58. The van der Waals surface area contributed by atoms with Crippen molar-refractivity contribution in [3.8, 4) is 0 Å². The molecule has 78 valence electrons. The summed E-state index contributed by atoms with van der Waals surface area (Å²) < 4.78 is 0. The van der Waals surface area contributed by atoms with Gasteiger partial charge in [-0.25, -0.2) is 0 Å². The molecule has 0 aliphatic rings. The number of benzene rings is 1. The number of aromatic nitrogens is 2. The lowest BCUT2D eigenvalue weighted by atomic mass is 10.0. The van der Waals surface area contributed by atoms with Crippen molar-refractivity contribution in [2.75, 3.05) is 5.73 Å². The van der Waals surface area contributed by atoms with Crippen LogP contribution in [0.1, 0.15) is 16.8 Å². The fourth-order valence-electron chi connectivity index (χ4n) is 1.67. The molecule has 3 N–H and O–H groups in total. The first-order valence-corrected chi connectivity index (χ1v) is 5.10. The molecule has 0 saturated carbocycles. The number of hydrogen-bond donors (Lipinski definition) is 2. The van der Waals surface area contributed by atoms with Crippen LogP contribution >= 0.6 is 0 Å². The monoisotopic (exact) mass is 201 g/mol. The van der Waals surface area contributed by atoms with E-state index in [0.717, 1.165) is 18.5 Å². The average molecular weight is 201 g/mol. The van der Waals surface area contributed by atoms with E-state index in [-0.39, 0.29) is 0 Å². The highest BCUT2D eigenvalue weighted by molar-refractivity contribution is 5.30. The molecule has 0 radical (unpaired) electrons. The predicted molar refractivity (Wildman–Crippen MR) is 61.6 cm³/mol. The molecule has 1 aromatic carbocycles. The lowest BCUT2D eigenvalue weighted by molar-refractivity contribution is 0.888. The number of H-pyrrole nitrogens is 1. The Bertz CT molecular complexity index is 446. The van der Waals surface area contributed by atoms with E-state index in [9.17, 15) is 0 Å². The Morgan fingerprint density at radius 1 is 1.27 bits per heavy atom. The molecule has 0 amide bonds. The molecule has 15 heavy (non-hydrogen) atoms. The summed E-state index contributed by atoms with van der Waals surface area (Å²) in [6, 6.07) is 10.3. The minimum Gasteiger partial charge on any atom is -0.382 e. The van der Waals surface area contributed by atoms with Crippen LogP contribution in [0.4, 0.5) is 5.82 Å². The lowest BCUT2D eigenvalue weighted by Gasteiger charge is -2.03. The van der Waals surface area contributed by atoms with Crippen LogP contribution in [0.5, 0.6) is 0 Å². The Balaban J connectivity index is 2.02. The summed E-state index contributed by atoms with van der Waals surface area (Å²) in [5, 5.41) is 6.82. The zero-order valence-electron chi connectivity index (χ0n) is 8.83. The molecule has 0 unspecified atom stereocenters. The molecular weight excluding hydrogens is 186 g/mol. The van der Waals surface area contributed by atoms with Gasteiger partial charge < -0.3 is 5.73 Å². The zero-order valence-corrected chi connectivity index (χ0v) is 8.83. The second-order valence-electron chi connectivity index (χ2n) is 3.74. The van der Waals surface area contributed by atoms with Crippen LogP contribution in [-0.2, 0) is 12.8 Å². The number of anilines is 1. The van der Waals surface area contributed by atoms with Crippen molar-refractivity contribution >= 4 is 5.82 Å². The largest absolute Gasteiger partial charge is 0.382 e. The summed E-state index contributed by atoms with van der Waals surface area (Å²) in [6.07, 6.45) is 1.98. The van der Waals surface area contributed by atoms with Gasteiger partial charge in [-0.2, -0.15) is 5.10 Å². The Morgan fingerprint density at radius 3 is 2.73 bits per heavy atom. The zero-order chi connectivity index (χ0) is 10.7.